The van der Waals surface area contributed by atoms with E-state index in [9.17, 15) is 0 Å². The van der Waals surface area contributed by atoms with Crippen molar-refractivity contribution in [1.29, 1.82) is 0 Å². The Hall–Kier alpha value is -3.13. The second-order valence-electron chi connectivity index (χ2n) is 5.37. The van der Waals surface area contributed by atoms with Crippen molar-refractivity contribution in [2.75, 3.05) is 0 Å². The molecule has 4 aromatic rings. The van der Waals surface area contributed by atoms with Crippen LogP contribution in [-0.4, -0.2) is 9.55 Å². The van der Waals surface area contributed by atoms with E-state index in [-0.39, 0.29) is 0 Å². The lowest BCUT2D eigenvalue weighted by molar-refractivity contribution is 1.07. The molecule has 0 aliphatic rings. The summed E-state index contributed by atoms with van der Waals surface area (Å²) in [6.45, 7) is 0. The van der Waals surface area contributed by atoms with Crippen LogP contribution < -0.4 is 0 Å². The van der Waals surface area contributed by atoms with Gasteiger partial charge in [-0.3, -0.25) is 4.57 Å². The van der Waals surface area contributed by atoms with Crippen molar-refractivity contribution in [3.8, 4) is 5.69 Å². The van der Waals surface area contributed by atoms with Crippen LogP contribution in [0, 0.1) is 0 Å². The van der Waals surface area contributed by atoms with Crippen molar-refractivity contribution in [3.05, 3.63) is 96.3 Å². The Morgan fingerprint density at radius 3 is 2.09 bits per heavy atom. The molecule has 0 bridgehead atoms. The van der Waals surface area contributed by atoms with Gasteiger partial charge in [0.1, 0.15) is 5.82 Å². The summed E-state index contributed by atoms with van der Waals surface area (Å²) in [5, 5.41) is 0. The Kier molecular flexibility index (Phi) is 3.49. The Bertz CT molecular complexity index is 951. The maximum Gasteiger partial charge on any atom is 0.138 e. The van der Waals surface area contributed by atoms with E-state index >= 15 is 0 Å². The predicted octanol–water partition coefficient (Wildman–Crippen LogP) is 5.20. The Morgan fingerprint density at radius 1 is 0.652 bits per heavy atom. The van der Waals surface area contributed by atoms with E-state index in [1.807, 2.05) is 36.4 Å². The minimum absolute atomic E-state index is 0.932. The van der Waals surface area contributed by atoms with Gasteiger partial charge in [-0.25, -0.2) is 4.98 Å². The van der Waals surface area contributed by atoms with E-state index in [4.69, 9.17) is 4.98 Å². The SMILES string of the molecule is C(=Cc1nc2ccccc2n1-c1ccccc1)c1ccccc1. The van der Waals surface area contributed by atoms with Gasteiger partial charge in [-0.2, -0.15) is 0 Å². The highest BCUT2D eigenvalue weighted by atomic mass is 15.1. The van der Waals surface area contributed by atoms with Gasteiger partial charge in [-0.05, 0) is 35.9 Å². The van der Waals surface area contributed by atoms with Crippen LogP contribution in [0.1, 0.15) is 11.4 Å². The first-order chi connectivity index (χ1) is 11.4. The van der Waals surface area contributed by atoms with Gasteiger partial charge in [-0.1, -0.05) is 66.7 Å². The summed E-state index contributed by atoms with van der Waals surface area (Å²) in [5.74, 6) is 0.932. The topological polar surface area (TPSA) is 17.8 Å². The molecule has 1 heterocycles. The molecule has 0 amide bonds. The van der Waals surface area contributed by atoms with Crippen molar-refractivity contribution < 1.29 is 0 Å². The van der Waals surface area contributed by atoms with Gasteiger partial charge in [0.25, 0.3) is 0 Å². The quantitative estimate of drug-likeness (QED) is 0.508. The third kappa shape index (κ3) is 2.67. The highest BCUT2D eigenvalue weighted by molar-refractivity contribution is 5.82. The van der Waals surface area contributed by atoms with Crippen LogP contribution in [0.3, 0.4) is 0 Å². The lowest BCUT2D eigenvalue weighted by Crippen LogP contribution is -1.96. The number of benzene rings is 3. The van der Waals surface area contributed by atoms with Gasteiger partial charge in [0.2, 0.25) is 0 Å². The molecule has 4 rings (SSSR count). The fourth-order valence-corrected chi connectivity index (χ4v) is 2.74. The second kappa shape index (κ2) is 5.93. The summed E-state index contributed by atoms with van der Waals surface area (Å²) < 4.78 is 2.19. The van der Waals surface area contributed by atoms with Crippen LogP contribution >= 0.6 is 0 Å². The normalized spacial score (nSPS) is 11.3. The molecule has 0 saturated heterocycles. The zero-order valence-electron chi connectivity index (χ0n) is 12.6. The van der Waals surface area contributed by atoms with E-state index in [1.54, 1.807) is 0 Å². The standard InChI is InChI=1S/C21H16N2/c1-3-9-17(10-4-1)15-16-21-22-19-13-7-8-14-20(19)23(21)18-11-5-2-6-12-18/h1-16H. The van der Waals surface area contributed by atoms with Crippen LogP contribution in [0.4, 0.5) is 0 Å². The summed E-state index contributed by atoms with van der Waals surface area (Å²) in [6.07, 6.45) is 4.17. The van der Waals surface area contributed by atoms with Crippen molar-refractivity contribution >= 4 is 23.2 Å². The molecule has 0 aliphatic carbocycles. The molecule has 2 heteroatoms. The van der Waals surface area contributed by atoms with Crippen molar-refractivity contribution in [2.24, 2.45) is 0 Å². The molecule has 0 N–H and O–H groups in total. The van der Waals surface area contributed by atoms with Gasteiger partial charge in [0.05, 0.1) is 11.0 Å². The summed E-state index contributed by atoms with van der Waals surface area (Å²) in [5.41, 5.74) is 4.41. The van der Waals surface area contributed by atoms with Gasteiger partial charge in [0.15, 0.2) is 0 Å². The van der Waals surface area contributed by atoms with Gasteiger partial charge >= 0.3 is 0 Å². The third-order valence-corrected chi connectivity index (χ3v) is 3.83. The average molecular weight is 296 g/mol. The lowest BCUT2D eigenvalue weighted by atomic mass is 10.2. The van der Waals surface area contributed by atoms with E-state index < -0.39 is 0 Å². The van der Waals surface area contributed by atoms with Crippen LogP contribution in [-0.2, 0) is 0 Å². The third-order valence-electron chi connectivity index (χ3n) is 3.83. The number of imidazole rings is 1. The molecule has 0 spiro atoms. The van der Waals surface area contributed by atoms with Crippen molar-refractivity contribution in [3.63, 3.8) is 0 Å². The van der Waals surface area contributed by atoms with Crippen molar-refractivity contribution in [1.82, 2.24) is 9.55 Å². The molecule has 3 aromatic carbocycles. The molecular formula is C21H16N2. The number of para-hydroxylation sites is 3. The Balaban J connectivity index is 1.88. The minimum Gasteiger partial charge on any atom is -0.293 e. The zero-order chi connectivity index (χ0) is 15.5. The van der Waals surface area contributed by atoms with E-state index in [2.05, 4.69) is 65.3 Å². The largest absolute Gasteiger partial charge is 0.293 e. The van der Waals surface area contributed by atoms with E-state index in [0.29, 0.717) is 0 Å². The Labute approximate surface area is 135 Å². The minimum atomic E-state index is 0.932. The molecule has 0 radical (unpaired) electrons. The van der Waals surface area contributed by atoms with Crippen LogP contribution in [0.15, 0.2) is 84.9 Å². The summed E-state index contributed by atoms with van der Waals surface area (Å²) in [4.78, 5) is 4.78. The number of hydrogen-bond donors (Lipinski definition) is 0. The molecule has 1 aromatic heterocycles. The summed E-state index contributed by atoms with van der Waals surface area (Å²) in [6, 6.07) is 28.9. The molecule has 0 fully saturated rings. The molecule has 2 nitrogen and oxygen atoms in total. The maximum absolute atomic E-state index is 4.78. The molecule has 0 aliphatic heterocycles. The number of aromatic nitrogens is 2. The number of rotatable bonds is 3. The van der Waals surface area contributed by atoms with E-state index in [1.165, 1.54) is 5.56 Å². The smallest absolute Gasteiger partial charge is 0.138 e. The molecular weight excluding hydrogens is 280 g/mol. The van der Waals surface area contributed by atoms with E-state index in [0.717, 1.165) is 22.5 Å². The van der Waals surface area contributed by atoms with Crippen molar-refractivity contribution in [2.45, 2.75) is 0 Å². The molecule has 0 saturated carbocycles. The molecule has 0 atom stereocenters. The average Bonchev–Trinajstić information content (AvgIpc) is 3.00. The van der Waals surface area contributed by atoms with Gasteiger partial charge in [-0.15, -0.1) is 0 Å². The number of nitrogens with zero attached hydrogens (tertiary/aromatic N) is 2. The number of hydrogen-bond acceptors (Lipinski definition) is 1. The lowest BCUT2D eigenvalue weighted by Gasteiger charge is -2.06. The molecule has 110 valence electrons. The fourth-order valence-electron chi connectivity index (χ4n) is 2.74. The van der Waals surface area contributed by atoms with Gasteiger partial charge < -0.3 is 0 Å². The molecule has 23 heavy (non-hydrogen) atoms. The first-order valence-corrected chi connectivity index (χ1v) is 7.68. The summed E-state index contributed by atoms with van der Waals surface area (Å²) >= 11 is 0. The second-order valence-corrected chi connectivity index (χ2v) is 5.37. The first kappa shape index (κ1) is 13.5. The first-order valence-electron chi connectivity index (χ1n) is 7.68. The van der Waals surface area contributed by atoms with Crippen LogP contribution in [0.5, 0.6) is 0 Å². The van der Waals surface area contributed by atoms with Gasteiger partial charge in [0, 0.05) is 5.69 Å². The monoisotopic (exact) mass is 296 g/mol. The zero-order valence-corrected chi connectivity index (χ0v) is 12.6. The molecule has 0 unspecified atom stereocenters. The number of fused-ring (bicyclic) bond motifs is 1. The highest BCUT2D eigenvalue weighted by Gasteiger charge is 2.09. The van der Waals surface area contributed by atoms with Crippen LogP contribution in [0.2, 0.25) is 0 Å². The fraction of sp³-hybridized carbons (Fsp3) is 0. The summed E-state index contributed by atoms with van der Waals surface area (Å²) in [7, 11) is 0. The maximum atomic E-state index is 4.78. The van der Waals surface area contributed by atoms with Crippen LogP contribution in [0.25, 0.3) is 28.9 Å². The predicted molar refractivity (Wildman–Crippen MR) is 96.4 cm³/mol. The highest BCUT2D eigenvalue weighted by Crippen LogP contribution is 2.22. The Morgan fingerprint density at radius 2 is 1.30 bits per heavy atom.